The van der Waals surface area contributed by atoms with Crippen LogP contribution in [-0.2, 0) is 14.8 Å². The highest BCUT2D eigenvalue weighted by molar-refractivity contribution is 7.92. The Labute approximate surface area is 217 Å². The third-order valence-corrected chi connectivity index (χ3v) is 7.90. The molecule has 0 bridgehead atoms. The average Bonchev–Trinajstić information content (AvgIpc) is 2.88. The maximum Gasteiger partial charge on any atom is 0.340 e. The number of rotatable bonds is 13. The summed E-state index contributed by atoms with van der Waals surface area (Å²) in [5, 5.41) is 0. The number of anilines is 1. The lowest BCUT2D eigenvalue weighted by atomic mass is 10.0. The first-order valence-electron chi connectivity index (χ1n) is 12.6. The summed E-state index contributed by atoms with van der Waals surface area (Å²) in [6.45, 7) is 4.00. The minimum atomic E-state index is -3.92. The molecule has 0 fully saturated rings. The summed E-state index contributed by atoms with van der Waals surface area (Å²) < 4.78 is 37.8. The molecule has 0 amide bonds. The number of unbranched alkanes of at least 4 members (excludes halogenated alkanes) is 8. The van der Waals surface area contributed by atoms with Gasteiger partial charge in [0.2, 0.25) is 0 Å². The summed E-state index contributed by atoms with van der Waals surface area (Å²) in [5.41, 5.74) is 1.71. The number of ether oxygens (including phenoxy) is 2. The van der Waals surface area contributed by atoms with E-state index in [4.69, 9.17) is 9.47 Å². The molecule has 0 aliphatic rings. The SMILES string of the molecule is CCCCCCCCCCC#Cc1cc(C)c(N(C)S(=O)(=O)c2ccc(OC)cc2)c(C(=O)OC)c1. The van der Waals surface area contributed by atoms with Crippen molar-refractivity contribution in [2.24, 2.45) is 0 Å². The predicted octanol–water partition coefficient (Wildman–Crippen LogP) is 6.50. The maximum absolute atomic E-state index is 13.3. The first kappa shape index (κ1) is 29.3. The number of methoxy groups -OCH3 is 2. The van der Waals surface area contributed by atoms with Crippen molar-refractivity contribution in [3.05, 3.63) is 53.1 Å². The van der Waals surface area contributed by atoms with Gasteiger partial charge in [0, 0.05) is 19.0 Å². The van der Waals surface area contributed by atoms with E-state index >= 15 is 0 Å². The smallest absolute Gasteiger partial charge is 0.340 e. The molecule has 196 valence electrons. The summed E-state index contributed by atoms with van der Waals surface area (Å²) in [4.78, 5) is 12.7. The first-order valence-corrected chi connectivity index (χ1v) is 14.0. The Morgan fingerprint density at radius 3 is 2.14 bits per heavy atom. The van der Waals surface area contributed by atoms with Crippen LogP contribution >= 0.6 is 0 Å². The largest absolute Gasteiger partial charge is 0.497 e. The third-order valence-electron chi connectivity index (χ3n) is 6.13. The van der Waals surface area contributed by atoms with Gasteiger partial charge in [-0.05, 0) is 55.3 Å². The summed E-state index contributed by atoms with van der Waals surface area (Å²) in [6, 6.07) is 9.53. The standard InChI is InChI=1S/C29H39NO5S/c1-6-7-8-9-10-11-12-13-14-15-16-24-21-23(2)28(27(22-24)29(31)35-5)30(3)36(32,33)26-19-17-25(34-4)18-20-26/h17-22H,6-14H2,1-5H3. The zero-order chi connectivity index (χ0) is 26.6. The molecular formula is C29H39NO5S. The van der Waals surface area contributed by atoms with Crippen LogP contribution in [-0.4, -0.2) is 35.7 Å². The zero-order valence-corrected chi connectivity index (χ0v) is 23.0. The Morgan fingerprint density at radius 1 is 0.944 bits per heavy atom. The van der Waals surface area contributed by atoms with E-state index in [2.05, 4.69) is 18.8 Å². The Bertz CT molecular complexity index is 1160. The summed E-state index contributed by atoms with van der Waals surface area (Å²) in [7, 11) is 0.306. The second-order valence-electron chi connectivity index (χ2n) is 8.86. The van der Waals surface area contributed by atoms with Crippen LogP contribution in [0.5, 0.6) is 5.75 Å². The van der Waals surface area contributed by atoms with E-state index in [1.807, 2.05) is 6.07 Å². The number of aryl methyl sites for hydroxylation is 1. The molecule has 0 spiro atoms. The minimum Gasteiger partial charge on any atom is -0.497 e. The van der Waals surface area contributed by atoms with E-state index in [1.54, 1.807) is 25.1 Å². The van der Waals surface area contributed by atoms with Crippen molar-refractivity contribution in [3.63, 3.8) is 0 Å². The highest BCUT2D eigenvalue weighted by atomic mass is 32.2. The second kappa shape index (κ2) is 14.5. The molecule has 36 heavy (non-hydrogen) atoms. The Balaban J connectivity index is 2.18. The topological polar surface area (TPSA) is 72.9 Å². The van der Waals surface area contributed by atoms with Crippen molar-refractivity contribution >= 4 is 21.7 Å². The van der Waals surface area contributed by atoms with Crippen LogP contribution in [0.25, 0.3) is 0 Å². The van der Waals surface area contributed by atoms with Crippen molar-refractivity contribution in [2.75, 3.05) is 25.6 Å². The number of carbonyl (C=O) groups excluding carboxylic acids is 1. The van der Waals surface area contributed by atoms with Crippen LogP contribution in [0.1, 0.15) is 86.2 Å². The van der Waals surface area contributed by atoms with Crippen molar-refractivity contribution in [3.8, 4) is 17.6 Å². The van der Waals surface area contributed by atoms with Crippen molar-refractivity contribution < 1.29 is 22.7 Å². The molecule has 2 rings (SSSR count). The molecule has 2 aromatic rings. The molecule has 0 atom stereocenters. The number of esters is 1. The molecule has 2 aromatic carbocycles. The van der Waals surface area contributed by atoms with Crippen LogP contribution < -0.4 is 9.04 Å². The summed E-state index contributed by atoms with van der Waals surface area (Å²) in [6.07, 6.45) is 10.7. The van der Waals surface area contributed by atoms with Gasteiger partial charge in [-0.3, -0.25) is 4.31 Å². The van der Waals surface area contributed by atoms with Gasteiger partial charge in [-0.2, -0.15) is 0 Å². The number of carbonyl (C=O) groups is 1. The molecule has 0 aliphatic carbocycles. The van der Waals surface area contributed by atoms with Crippen molar-refractivity contribution in [1.29, 1.82) is 0 Å². The number of benzene rings is 2. The number of hydrogen-bond donors (Lipinski definition) is 0. The van der Waals surface area contributed by atoms with E-state index in [-0.39, 0.29) is 16.1 Å². The van der Waals surface area contributed by atoms with Crippen LogP contribution in [0.15, 0.2) is 41.3 Å². The molecular weight excluding hydrogens is 474 g/mol. The molecule has 0 saturated heterocycles. The van der Waals surface area contributed by atoms with Gasteiger partial charge in [-0.15, -0.1) is 0 Å². The predicted molar refractivity (Wildman–Crippen MR) is 145 cm³/mol. The van der Waals surface area contributed by atoms with Crippen LogP contribution in [0, 0.1) is 18.8 Å². The first-order chi connectivity index (χ1) is 17.3. The van der Waals surface area contributed by atoms with Crippen molar-refractivity contribution in [1.82, 2.24) is 0 Å². The van der Waals surface area contributed by atoms with Gasteiger partial charge >= 0.3 is 5.97 Å². The van der Waals surface area contributed by atoms with Gasteiger partial charge in [0.1, 0.15) is 5.75 Å². The molecule has 0 aromatic heterocycles. The number of sulfonamides is 1. The quantitative estimate of drug-likeness (QED) is 0.174. The molecule has 0 heterocycles. The van der Waals surface area contributed by atoms with Gasteiger partial charge in [0.05, 0.1) is 30.4 Å². The Kier molecular flexibility index (Phi) is 11.8. The molecule has 0 N–H and O–H groups in total. The highest BCUT2D eigenvalue weighted by Crippen LogP contribution is 2.31. The Morgan fingerprint density at radius 2 is 1.56 bits per heavy atom. The minimum absolute atomic E-state index is 0.0928. The van der Waals surface area contributed by atoms with Crippen LogP contribution in [0.3, 0.4) is 0 Å². The van der Waals surface area contributed by atoms with Gasteiger partial charge in [-0.1, -0.05) is 63.7 Å². The summed E-state index contributed by atoms with van der Waals surface area (Å²) >= 11 is 0. The van der Waals surface area contributed by atoms with Gasteiger partial charge in [0.15, 0.2) is 0 Å². The van der Waals surface area contributed by atoms with Gasteiger partial charge in [0.25, 0.3) is 10.0 Å². The van der Waals surface area contributed by atoms with E-state index in [0.717, 1.165) is 17.1 Å². The lowest BCUT2D eigenvalue weighted by molar-refractivity contribution is 0.0601. The van der Waals surface area contributed by atoms with Crippen molar-refractivity contribution in [2.45, 2.75) is 76.5 Å². The van der Waals surface area contributed by atoms with E-state index < -0.39 is 16.0 Å². The molecule has 0 unspecified atom stereocenters. The maximum atomic E-state index is 13.3. The number of hydrogen-bond acceptors (Lipinski definition) is 5. The van der Waals surface area contributed by atoms with Crippen LogP contribution in [0.4, 0.5) is 5.69 Å². The fourth-order valence-corrected chi connectivity index (χ4v) is 5.35. The third kappa shape index (κ3) is 8.03. The van der Waals surface area contributed by atoms with Gasteiger partial charge < -0.3 is 9.47 Å². The fourth-order valence-electron chi connectivity index (χ4n) is 4.07. The average molecular weight is 514 g/mol. The second-order valence-corrected chi connectivity index (χ2v) is 10.8. The van der Waals surface area contributed by atoms with Gasteiger partial charge in [-0.25, -0.2) is 13.2 Å². The lowest BCUT2D eigenvalue weighted by Crippen LogP contribution is -2.29. The zero-order valence-electron chi connectivity index (χ0n) is 22.2. The number of nitrogens with zero attached hydrogens (tertiary/aromatic N) is 1. The molecule has 0 aliphatic heterocycles. The van der Waals surface area contributed by atoms with Crippen LogP contribution in [0.2, 0.25) is 0 Å². The van der Waals surface area contributed by atoms with E-state index in [0.29, 0.717) is 16.9 Å². The molecule has 7 heteroatoms. The highest BCUT2D eigenvalue weighted by Gasteiger charge is 2.27. The summed E-state index contributed by atoms with van der Waals surface area (Å²) in [5.74, 6) is 6.27. The molecule has 6 nitrogen and oxygen atoms in total. The normalized spacial score (nSPS) is 10.9. The monoisotopic (exact) mass is 513 g/mol. The lowest BCUT2D eigenvalue weighted by Gasteiger charge is -2.24. The fraction of sp³-hybridized carbons (Fsp3) is 0.483. The van der Waals surface area contributed by atoms with E-state index in [9.17, 15) is 13.2 Å². The molecule has 0 radical (unpaired) electrons. The Hall–Kier alpha value is -2.98. The van der Waals surface area contributed by atoms with E-state index in [1.165, 1.54) is 78.3 Å². The molecule has 0 saturated carbocycles.